The molecule has 0 fully saturated rings. The van der Waals surface area contributed by atoms with Crippen molar-refractivity contribution in [2.24, 2.45) is 12.8 Å². The Labute approximate surface area is 118 Å². The molecule has 0 radical (unpaired) electrons. The Morgan fingerprint density at radius 3 is 2.43 bits per heavy atom. The molecule has 3 N–H and O–H groups in total. The van der Waals surface area contributed by atoms with E-state index in [0.717, 1.165) is 10.2 Å². The van der Waals surface area contributed by atoms with E-state index in [1.54, 1.807) is 24.3 Å². The van der Waals surface area contributed by atoms with Gasteiger partial charge in [-0.05, 0) is 17.7 Å². The van der Waals surface area contributed by atoms with Crippen LogP contribution in [-0.4, -0.2) is 15.7 Å². The zero-order valence-corrected chi connectivity index (χ0v) is 11.1. The molecule has 5 nitrogen and oxygen atoms in total. The molecular formula is C13H13F3N4O. The molecule has 8 heteroatoms. The van der Waals surface area contributed by atoms with Crippen LogP contribution >= 0.6 is 0 Å². The number of hydrogen-bond acceptors (Lipinski definition) is 3. The maximum absolute atomic E-state index is 12.5. The van der Waals surface area contributed by atoms with Crippen molar-refractivity contribution >= 4 is 11.6 Å². The van der Waals surface area contributed by atoms with Crippen LogP contribution in [0.15, 0.2) is 30.3 Å². The molecule has 2 rings (SSSR count). The van der Waals surface area contributed by atoms with Crippen molar-refractivity contribution < 1.29 is 18.0 Å². The average molecular weight is 298 g/mol. The summed E-state index contributed by atoms with van der Waals surface area (Å²) in [5.41, 5.74) is 5.52. The second kappa shape index (κ2) is 5.57. The second-order valence-electron chi connectivity index (χ2n) is 4.39. The standard InChI is InChI=1S/C13H13F3N4O/c1-20-10(6-11(19-20)13(14,15)16)12(21)18-9-4-2-8(7-17)3-5-9/h2-6H,7,17H2,1H3,(H,18,21). The molecule has 0 atom stereocenters. The van der Waals surface area contributed by atoms with Gasteiger partial charge in [-0.1, -0.05) is 12.1 Å². The van der Waals surface area contributed by atoms with Crippen LogP contribution in [0.4, 0.5) is 18.9 Å². The van der Waals surface area contributed by atoms with Gasteiger partial charge < -0.3 is 11.1 Å². The fourth-order valence-electron chi connectivity index (χ4n) is 1.74. The molecule has 1 heterocycles. The third kappa shape index (κ3) is 3.40. The number of halogens is 3. The Bertz CT molecular complexity index is 646. The summed E-state index contributed by atoms with van der Waals surface area (Å²) in [6.45, 7) is 0.366. The number of aromatic nitrogens is 2. The molecule has 2 aromatic rings. The minimum Gasteiger partial charge on any atom is -0.326 e. The Morgan fingerprint density at radius 2 is 1.95 bits per heavy atom. The highest BCUT2D eigenvalue weighted by molar-refractivity contribution is 6.03. The third-order valence-electron chi connectivity index (χ3n) is 2.85. The van der Waals surface area contributed by atoms with Crippen LogP contribution in [0.3, 0.4) is 0 Å². The fraction of sp³-hybridized carbons (Fsp3) is 0.231. The van der Waals surface area contributed by atoms with Crippen LogP contribution in [0.2, 0.25) is 0 Å². The Morgan fingerprint density at radius 1 is 1.33 bits per heavy atom. The van der Waals surface area contributed by atoms with E-state index in [2.05, 4.69) is 10.4 Å². The van der Waals surface area contributed by atoms with Gasteiger partial charge in [-0.2, -0.15) is 18.3 Å². The van der Waals surface area contributed by atoms with E-state index in [0.29, 0.717) is 18.3 Å². The van der Waals surface area contributed by atoms with Gasteiger partial charge in [-0.15, -0.1) is 0 Å². The van der Waals surface area contributed by atoms with Crippen LogP contribution < -0.4 is 11.1 Å². The fourth-order valence-corrected chi connectivity index (χ4v) is 1.74. The van der Waals surface area contributed by atoms with Gasteiger partial charge in [0, 0.05) is 25.3 Å². The van der Waals surface area contributed by atoms with E-state index in [1.165, 1.54) is 7.05 Å². The number of amides is 1. The Kier molecular flexibility index (Phi) is 3.99. The molecule has 1 aromatic heterocycles. The van der Waals surface area contributed by atoms with Gasteiger partial charge in [0.25, 0.3) is 5.91 Å². The molecule has 112 valence electrons. The van der Waals surface area contributed by atoms with Gasteiger partial charge >= 0.3 is 6.18 Å². The van der Waals surface area contributed by atoms with Crippen LogP contribution in [0.1, 0.15) is 21.7 Å². The lowest BCUT2D eigenvalue weighted by molar-refractivity contribution is -0.141. The number of benzene rings is 1. The summed E-state index contributed by atoms with van der Waals surface area (Å²) in [4.78, 5) is 12.0. The predicted molar refractivity (Wildman–Crippen MR) is 70.5 cm³/mol. The first-order valence-electron chi connectivity index (χ1n) is 6.03. The molecule has 0 saturated heterocycles. The minimum atomic E-state index is -4.58. The van der Waals surface area contributed by atoms with Crippen molar-refractivity contribution in [2.75, 3.05) is 5.32 Å². The zero-order valence-electron chi connectivity index (χ0n) is 11.1. The predicted octanol–water partition coefficient (Wildman–Crippen LogP) is 2.15. The normalized spacial score (nSPS) is 11.5. The SMILES string of the molecule is Cn1nc(C(F)(F)F)cc1C(=O)Nc1ccc(CN)cc1. The molecule has 0 bridgehead atoms. The van der Waals surface area contributed by atoms with E-state index >= 15 is 0 Å². The molecule has 0 unspecified atom stereocenters. The van der Waals surface area contributed by atoms with Crippen molar-refractivity contribution in [3.8, 4) is 0 Å². The highest BCUT2D eigenvalue weighted by atomic mass is 19.4. The van der Waals surface area contributed by atoms with Gasteiger partial charge in [0.15, 0.2) is 5.69 Å². The monoisotopic (exact) mass is 298 g/mol. The summed E-state index contributed by atoms with van der Waals surface area (Å²) in [5, 5.41) is 5.79. The lowest BCUT2D eigenvalue weighted by atomic mass is 10.2. The number of alkyl halides is 3. The number of anilines is 1. The lowest BCUT2D eigenvalue weighted by Crippen LogP contribution is -2.16. The van der Waals surface area contributed by atoms with Gasteiger partial charge in [0.05, 0.1) is 0 Å². The first-order chi connectivity index (χ1) is 9.81. The van der Waals surface area contributed by atoms with Crippen molar-refractivity contribution in [2.45, 2.75) is 12.7 Å². The van der Waals surface area contributed by atoms with E-state index in [1.807, 2.05) is 0 Å². The Balaban J connectivity index is 2.18. The molecule has 0 saturated carbocycles. The maximum atomic E-state index is 12.5. The molecule has 0 spiro atoms. The van der Waals surface area contributed by atoms with E-state index < -0.39 is 17.8 Å². The molecule has 0 aliphatic carbocycles. The highest BCUT2D eigenvalue weighted by Crippen LogP contribution is 2.28. The van der Waals surface area contributed by atoms with Gasteiger partial charge in [0.2, 0.25) is 0 Å². The van der Waals surface area contributed by atoms with E-state index in [4.69, 9.17) is 5.73 Å². The summed E-state index contributed by atoms with van der Waals surface area (Å²) in [5.74, 6) is -0.666. The summed E-state index contributed by atoms with van der Waals surface area (Å²) in [7, 11) is 1.28. The van der Waals surface area contributed by atoms with E-state index in [-0.39, 0.29) is 5.69 Å². The lowest BCUT2D eigenvalue weighted by Gasteiger charge is -2.05. The van der Waals surface area contributed by atoms with Crippen LogP contribution in [0.5, 0.6) is 0 Å². The molecule has 0 aliphatic rings. The largest absolute Gasteiger partial charge is 0.435 e. The van der Waals surface area contributed by atoms with Gasteiger partial charge in [0.1, 0.15) is 5.69 Å². The van der Waals surface area contributed by atoms with Crippen LogP contribution in [0.25, 0.3) is 0 Å². The topological polar surface area (TPSA) is 72.9 Å². The quantitative estimate of drug-likeness (QED) is 0.912. The van der Waals surface area contributed by atoms with Crippen LogP contribution in [0, 0.1) is 0 Å². The van der Waals surface area contributed by atoms with Crippen molar-refractivity contribution in [3.63, 3.8) is 0 Å². The number of hydrogen-bond donors (Lipinski definition) is 2. The van der Waals surface area contributed by atoms with Crippen molar-refractivity contribution in [1.82, 2.24) is 9.78 Å². The molecule has 1 amide bonds. The molecular weight excluding hydrogens is 285 g/mol. The van der Waals surface area contributed by atoms with E-state index in [9.17, 15) is 18.0 Å². The number of nitrogens with zero attached hydrogens (tertiary/aromatic N) is 2. The van der Waals surface area contributed by atoms with Crippen molar-refractivity contribution in [1.29, 1.82) is 0 Å². The Hall–Kier alpha value is -2.35. The number of nitrogens with one attached hydrogen (secondary N) is 1. The van der Waals surface area contributed by atoms with Gasteiger partial charge in [-0.3, -0.25) is 9.48 Å². The number of carbonyl (C=O) groups is 1. The zero-order chi connectivity index (χ0) is 15.6. The number of aryl methyl sites for hydroxylation is 1. The van der Waals surface area contributed by atoms with Gasteiger partial charge in [-0.25, -0.2) is 0 Å². The maximum Gasteiger partial charge on any atom is 0.435 e. The average Bonchev–Trinajstić information content (AvgIpc) is 2.82. The van der Waals surface area contributed by atoms with Crippen molar-refractivity contribution in [3.05, 3.63) is 47.3 Å². The number of nitrogens with two attached hydrogens (primary N) is 1. The smallest absolute Gasteiger partial charge is 0.326 e. The first kappa shape index (κ1) is 15.0. The molecule has 0 aliphatic heterocycles. The minimum absolute atomic E-state index is 0.176. The summed E-state index contributed by atoms with van der Waals surface area (Å²) < 4.78 is 38.5. The number of carbonyl (C=O) groups excluding carboxylic acids is 1. The summed E-state index contributed by atoms with van der Waals surface area (Å²) in [6.07, 6.45) is -4.58. The summed E-state index contributed by atoms with van der Waals surface area (Å²) in [6, 6.07) is 7.41. The molecule has 1 aromatic carbocycles. The second-order valence-corrected chi connectivity index (χ2v) is 4.39. The number of rotatable bonds is 3. The first-order valence-corrected chi connectivity index (χ1v) is 6.03. The highest BCUT2D eigenvalue weighted by Gasteiger charge is 2.35. The third-order valence-corrected chi connectivity index (χ3v) is 2.85. The summed E-state index contributed by atoms with van der Waals surface area (Å²) >= 11 is 0. The van der Waals surface area contributed by atoms with Crippen LogP contribution in [-0.2, 0) is 19.8 Å². The molecule has 21 heavy (non-hydrogen) atoms.